The fourth-order valence-corrected chi connectivity index (χ4v) is 1.89. The number of nitrogens with one attached hydrogen (secondary N) is 1. The van der Waals surface area contributed by atoms with Crippen molar-refractivity contribution in [2.75, 3.05) is 5.32 Å². The van der Waals surface area contributed by atoms with Crippen LogP contribution in [0.3, 0.4) is 0 Å². The molecular formula is C13H18N2O2. The molecule has 1 aliphatic rings. The largest absolute Gasteiger partial charge is 0.392 e. The smallest absolute Gasteiger partial charge is 0.225 e. The molecule has 2 rings (SSSR count). The highest BCUT2D eigenvalue weighted by atomic mass is 16.3. The van der Waals surface area contributed by atoms with Crippen molar-refractivity contribution >= 4 is 11.6 Å². The normalized spacial score (nSPS) is 16.6. The fraction of sp³-hybridized carbons (Fsp3) is 0.462. The summed E-state index contributed by atoms with van der Waals surface area (Å²) in [5, 5.41) is 11.9. The molecule has 1 atom stereocenters. The zero-order valence-corrected chi connectivity index (χ0v) is 9.73. The maximum absolute atomic E-state index is 11.8. The van der Waals surface area contributed by atoms with Gasteiger partial charge in [0.25, 0.3) is 0 Å². The zero-order chi connectivity index (χ0) is 12.3. The van der Waals surface area contributed by atoms with Crippen LogP contribution in [0.1, 0.15) is 24.8 Å². The number of carbonyl (C=O) groups is 1. The SMILES string of the molecule is NC(CC(=O)Nc1ccccc1CO)C1CC1. The molecule has 92 valence electrons. The first-order chi connectivity index (χ1) is 8.20. The Morgan fingerprint density at radius 2 is 2.18 bits per heavy atom. The van der Waals surface area contributed by atoms with E-state index in [4.69, 9.17) is 10.8 Å². The molecule has 1 aliphatic carbocycles. The van der Waals surface area contributed by atoms with Crippen LogP contribution in [-0.4, -0.2) is 17.1 Å². The van der Waals surface area contributed by atoms with E-state index in [0.29, 0.717) is 18.0 Å². The summed E-state index contributed by atoms with van der Waals surface area (Å²) in [7, 11) is 0. The van der Waals surface area contributed by atoms with Crippen molar-refractivity contribution < 1.29 is 9.90 Å². The third-order valence-electron chi connectivity index (χ3n) is 3.11. The third kappa shape index (κ3) is 3.28. The van der Waals surface area contributed by atoms with Gasteiger partial charge in [-0.3, -0.25) is 4.79 Å². The Morgan fingerprint density at radius 1 is 1.47 bits per heavy atom. The Labute approximate surface area is 101 Å². The fourth-order valence-electron chi connectivity index (χ4n) is 1.89. The molecule has 1 amide bonds. The highest BCUT2D eigenvalue weighted by Gasteiger charge is 2.29. The van der Waals surface area contributed by atoms with Gasteiger partial charge in [0.05, 0.1) is 6.61 Å². The van der Waals surface area contributed by atoms with Crippen molar-refractivity contribution in [1.29, 1.82) is 0 Å². The Balaban J connectivity index is 1.92. The van der Waals surface area contributed by atoms with E-state index in [-0.39, 0.29) is 18.6 Å². The second-order valence-electron chi connectivity index (χ2n) is 4.57. The number of rotatable bonds is 5. The van der Waals surface area contributed by atoms with Gasteiger partial charge in [-0.2, -0.15) is 0 Å². The minimum absolute atomic E-state index is 0.0312. The van der Waals surface area contributed by atoms with Crippen LogP contribution in [0.4, 0.5) is 5.69 Å². The summed E-state index contributed by atoms with van der Waals surface area (Å²) in [5.41, 5.74) is 7.29. The average Bonchev–Trinajstić information content (AvgIpc) is 3.13. The molecule has 17 heavy (non-hydrogen) atoms. The van der Waals surface area contributed by atoms with E-state index in [1.165, 1.54) is 0 Å². The Hall–Kier alpha value is -1.39. The molecule has 0 aliphatic heterocycles. The number of hydrogen-bond donors (Lipinski definition) is 3. The van der Waals surface area contributed by atoms with Gasteiger partial charge in [0.2, 0.25) is 5.91 Å². The van der Waals surface area contributed by atoms with Gasteiger partial charge in [-0.1, -0.05) is 18.2 Å². The van der Waals surface area contributed by atoms with Gasteiger partial charge in [0, 0.05) is 23.7 Å². The number of amides is 1. The molecule has 0 heterocycles. The minimum Gasteiger partial charge on any atom is -0.392 e. The minimum atomic E-state index is -0.0784. The molecular weight excluding hydrogens is 216 g/mol. The van der Waals surface area contributed by atoms with E-state index >= 15 is 0 Å². The average molecular weight is 234 g/mol. The van der Waals surface area contributed by atoms with E-state index in [9.17, 15) is 4.79 Å². The summed E-state index contributed by atoms with van der Waals surface area (Å²) in [6, 6.07) is 7.20. The predicted octanol–water partition coefficient (Wildman–Crippen LogP) is 1.24. The van der Waals surface area contributed by atoms with Gasteiger partial charge in [0.15, 0.2) is 0 Å². The van der Waals surface area contributed by atoms with Gasteiger partial charge in [0.1, 0.15) is 0 Å². The van der Waals surface area contributed by atoms with Gasteiger partial charge in [-0.25, -0.2) is 0 Å². The summed E-state index contributed by atoms with van der Waals surface area (Å²) in [6.07, 6.45) is 2.63. The molecule has 1 aromatic carbocycles. The van der Waals surface area contributed by atoms with E-state index in [1.54, 1.807) is 12.1 Å². The lowest BCUT2D eigenvalue weighted by Crippen LogP contribution is -2.29. The van der Waals surface area contributed by atoms with Crippen molar-refractivity contribution in [2.24, 2.45) is 11.7 Å². The topological polar surface area (TPSA) is 75.4 Å². The lowest BCUT2D eigenvalue weighted by Gasteiger charge is -2.12. The standard InChI is InChI=1S/C13H18N2O2/c14-11(9-5-6-9)7-13(17)15-12-4-2-1-3-10(12)8-16/h1-4,9,11,16H,5-8,14H2,(H,15,17). The molecule has 0 radical (unpaired) electrons. The van der Waals surface area contributed by atoms with Crippen LogP contribution in [0.25, 0.3) is 0 Å². The van der Waals surface area contributed by atoms with Gasteiger partial charge >= 0.3 is 0 Å². The highest BCUT2D eigenvalue weighted by Crippen LogP contribution is 2.32. The van der Waals surface area contributed by atoms with Crippen LogP contribution in [0, 0.1) is 5.92 Å². The number of para-hydroxylation sites is 1. The van der Waals surface area contributed by atoms with Crippen LogP contribution in [0.15, 0.2) is 24.3 Å². The number of hydrogen-bond acceptors (Lipinski definition) is 3. The van der Waals surface area contributed by atoms with E-state index in [0.717, 1.165) is 18.4 Å². The zero-order valence-electron chi connectivity index (χ0n) is 9.73. The summed E-state index contributed by atoms with van der Waals surface area (Å²) >= 11 is 0. The van der Waals surface area contributed by atoms with Crippen molar-refractivity contribution in [3.8, 4) is 0 Å². The first-order valence-corrected chi connectivity index (χ1v) is 5.95. The van der Waals surface area contributed by atoms with Gasteiger partial charge in [-0.15, -0.1) is 0 Å². The van der Waals surface area contributed by atoms with Gasteiger partial charge < -0.3 is 16.2 Å². The summed E-state index contributed by atoms with van der Waals surface area (Å²) in [6.45, 7) is -0.0782. The number of aliphatic hydroxyl groups is 1. The highest BCUT2D eigenvalue weighted by molar-refractivity contribution is 5.91. The lowest BCUT2D eigenvalue weighted by atomic mass is 10.1. The number of benzene rings is 1. The molecule has 4 N–H and O–H groups in total. The van der Waals surface area contributed by atoms with Crippen LogP contribution in [0.5, 0.6) is 0 Å². The van der Waals surface area contributed by atoms with Crippen molar-refractivity contribution in [3.05, 3.63) is 29.8 Å². The number of nitrogens with two attached hydrogens (primary N) is 1. The van der Waals surface area contributed by atoms with Crippen molar-refractivity contribution in [1.82, 2.24) is 0 Å². The second-order valence-corrected chi connectivity index (χ2v) is 4.57. The van der Waals surface area contributed by atoms with Crippen LogP contribution in [-0.2, 0) is 11.4 Å². The number of aliphatic hydroxyl groups excluding tert-OH is 1. The molecule has 0 spiro atoms. The van der Waals surface area contributed by atoms with E-state index in [1.807, 2.05) is 12.1 Å². The summed E-state index contributed by atoms with van der Waals surface area (Å²) < 4.78 is 0. The van der Waals surface area contributed by atoms with Crippen LogP contribution in [0.2, 0.25) is 0 Å². The first-order valence-electron chi connectivity index (χ1n) is 5.95. The third-order valence-corrected chi connectivity index (χ3v) is 3.11. The summed E-state index contributed by atoms with van der Waals surface area (Å²) in [4.78, 5) is 11.8. The molecule has 0 aromatic heterocycles. The molecule has 0 saturated heterocycles. The monoisotopic (exact) mass is 234 g/mol. The second kappa shape index (κ2) is 5.29. The number of carbonyl (C=O) groups excluding carboxylic acids is 1. The maximum Gasteiger partial charge on any atom is 0.225 e. The molecule has 1 aromatic rings. The lowest BCUT2D eigenvalue weighted by molar-refractivity contribution is -0.116. The van der Waals surface area contributed by atoms with Crippen molar-refractivity contribution in [3.63, 3.8) is 0 Å². The molecule has 0 bridgehead atoms. The quantitative estimate of drug-likeness (QED) is 0.717. The Kier molecular flexibility index (Phi) is 3.76. The molecule has 1 fully saturated rings. The van der Waals surface area contributed by atoms with Gasteiger partial charge in [-0.05, 0) is 24.8 Å². The van der Waals surface area contributed by atoms with E-state index in [2.05, 4.69) is 5.32 Å². The molecule has 1 unspecified atom stereocenters. The first kappa shape index (κ1) is 12.1. The van der Waals surface area contributed by atoms with Crippen LogP contribution >= 0.6 is 0 Å². The maximum atomic E-state index is 11.8. The molecule has 4 nitrogen and oxygen atoms in total. The Bertz CT molecular complexity index is 402. The van der Waals surface area contributed by atoms with Crippen molar-refractivity contribution in [2.45, 2.75) is 31.9 Å². The molecule has 4 heteroatoms. The molecule has 1 saturated carbocycles. The summed E-state index contributed by atoms with van der Waals surface area (Å²) in [5.74, 6) is 0.444. The predicted molar refractivity (Wildman–Crippen MR) is 66.3 cm³/mol. The number of anilines is 1. The van der Waals surface area contributed by atoms with Crippen LogP contribution < -0.4 is 11.1 Å². The Morgan fingerprint density at radius 3 is 2.82 bits per heavy atom. The van der Waals surface area contributed by atoms with E-state index < -0.39 is 0 Å².